The molecule has 0 saturated carbocycles. The van der Waals surface area contributed by atoms with E-state index in [0.717, 1.165) is 11.3 Å². The van der Waals surface area contributed by atoms with Crippen LogP contribution in [0.25, 0.3) is 6.08 Å². The summed E-state index contributed by atoms with van der Waals surface area (Å²) in [5, 5.41) is 7.72. The largest absolute Gasteiger partial charge is 0.366 e. The van der Waals surface area contributed by atoms with E-state index in [9.17, 15) is 9.59 Å². The summed E-state index contributed by atoms with van der Waals surface area (Å²) in [5.74, 6) is -0.819. The normalized spacial score (nSPS) is 11.1. The van der Waals surface area contributed by atoms with Crippen molar-refractivity contribution in [3.63, 3.8) is 0 Å². The standard InChI is InChI=1S/C23H23ClN4O2/c1-14-4-6-17(7-5-14)13-28-22(24)20(16(3)27-28)10-11-21(29)26-18-8-9-19(23(25)30)15(2)12-18/h4-12H,13H2,1-3H3,(H2,25,30)(H,26,29)/b11-10+. The van der Waals surface area contributed by atoms with E-state index in [-0.39, 0.29) is 5.91 Å². The second kappa shape index (κ2) is 8.97. The number of aromatic nitrogens is 2. The third-order valence-corrected chi connectivity index (χ3v) is 5.12. The van der Waals surface area contributed by atoms with Crippen LogP contribution < -0.4 is 11.1 Å². The predicted molar refractivity (Wildman–Crippen MR) is 120 cm³/mol. The molecule has 0 unspecified atom stereocenters. The Kier molecular flexibility index (Phi) is 6.37. The number of anilines is 1. The first-order valence-corrected chi connectivity index (χ1v) is 9.80. The number of hydrogen-bond acceptors (Lipinski definition) is 3. The van der Waals surface area contributed by atoms with E-state index in [1.54, 1.807) is 35.9 Å². The van der Waals surface area contributed by atoms with Gasteiger partial charge in [-0.05, 0) is 56.2 Å². The van der Waals surface area contributed by atoms with Gasteiger partial charge in [-0.2, -0.15) is 5.10 Å². The Morgan fingerprint density at radius 3 is 2.47 bits per heavy atom. The van der Waals surface area contributed by atoms with E-state index in [1.807, 2.05) is 38.1 Å². The number of aryl methyl sites for hydroxylation is 3. The number of nitrogens with one attached hydrogen (secondary N) is 1. The average Bonchev–Trinajstić information content (AvgIpc) is 2.94. The molecule has 0 spiro atoms. The van der Waals surface area contributed by atoms with Crippen LogP contribution in [0.1, 0.15) is 38.3 Å². The van der Waals surface area contributed by atoms with Gasteiger partial charge in [0.2, 0.25) is 11.8 Å². The molecule has 7 heteroatoms. The fourth-order valence-electron chi connectivity index (χ4n) is 3.09. The first-order valence-electron chi connectivity index (χ1n) is 9.42. The van der Waals surface area contributed by atoms with Crippen molar-refractivity contribution >= 4 is 35.2 Å². The summed E-state index contributed by atoms with van der Waals surface area (Å²) in [6.07, 6.45) is 3.06. The average molecular weight is 423 g/mol. The zero-order chi connectivity index (χ0) is 21.8. The van der Waals surface area contributed by atoms with E-state index in [1.165, 1.54) is 11.6 Å². The lowest BCUT2D eigenvalue weighted by molar-refractivity contribution is -0.111. The van der Waals surface area contributed by atoms with Crippen LogP contribution in [0.4, 0.5) is 5.69 Å². The van der Waals surface area contributed by atoms with Gasteiger partial charge in [-0.25, -0.2) is 4.68 Å². The number of halogens is 1. The SMILES string of the molecule is Cc1ccc(Cn2nc(C)c(/C=C/C(=O)Nc3ccc(C(N)=O)c(C)c3)c2Cl)cc1. The molecule has 0 aliphatic rings. The highest BCUT2D eigenvalue weighted by Crippen LogP contribution is 2.23. The molecule has 30 heavy (non-hydrogen) atoms. The molecule has 0 radical (unpaired) electrons. The first kappa shape index (κ1) is 21.3. The van der Waals surface area contributed by atoms with Crippen LogP contribution in [0.2, 0.25) is 5.15 Å². The smallest absolute Gasteiger partial charge is 0.248 e. The van der Waals surface area contributed by atoms with Crippen LogP contribution in [0, 0.1) is 20.8 Å². The molecule has 2 amide bonds. The molecule has 0 aliphatic heterocycles. The summed E-state index contributed by atoms with van der Waals surface area (Å²) in [7, 11) is 0. The molecule has 154 valence electrons. The number of carbonyl (C=O) groups is 2. The lowest BCUT2D eigenvalue weighted by Gasteiger charge is -2.06. The van der Waals surface area contributed by atoms with Crippen molar-refractivity contribution in [2.24, 2.45) is 5.73 Å². The van der Waals surface area contributed by atoms with Crippen LogP contribution >= 0.6 is 11.6 Å². The summed E-state index contributed by atoms with van der Waals surface area (Å²) in [4.78, 5) is 23.6. The molecular weight excluding hydrogens is 400 g/mol. The van der Waals surface area contributed by atoms with Gasteiger partial charge in [0.1, 0.15) is 5.15 Å². The van der Waals surface area contributed by atoms with E-state index in [0.29, 0.717) is 34.1 Å². The Bertz CT molecular complexity index is 1130. The minimum Gasteiger partial charge on any atom is -0.366 e. The first-order chi connectivity index (χ1) is 14.2. The maximum atomic E-state index is 12.3. The van der Waals surface area contributed by atoms with E-state index in [2.05, 4.69) is 10.4 Å². The fraction of sp³-hybridized carbons (Fsp3) is 0.174. The Balaban J connectivity index is 1.72. The van der Waals surface area contributed by atoms with Crippen molar-refractivity contribution in [2.75, 3.05) is 5.32 Å². The Morgan fingerprint density at radius 1 is 1.13 bits per heavy atom. The van der Waals surface area contributed by atoms with Gasteiger partial charge in [0.05, 0.1) is 12.2 Å². The van der Waals surface area contributed by atoms with Crippen molar-refractivity contribution in [2.45, 2.75) is 27.3 Å². The Hall–Kier alpha value is -3.38. The highest BCUT2D eigenvalue weighted by Gasteiger charge is 2.12. The monoisotopic (exact) mass is 422 g/mol. The van der Waals surface area contributed by atoms with Crippen molar-refractivity contribution in [1.29, 1.82) is 0 Å². The molecule has 0 aliphatic carbocycles. The van der Waals surface area contributed by atoms with E-state index >= 15 is 0 Å². The maximum absolute atomic E-state index is 12.3. The molecule has 1 aromatic heterocycles. The fourth-order valence-corrected chi connectivity index (χ4v) is 3.39. The zero-order valence-electron chi connectivity index (χ0n) is 17.1. The molecule has 0 saturated heterocycles. The van der Waals surface area contributed by atoms with Gasteiger partial charge in [-0.3, -0.25) is 9.59 Å². The van der Waals surface area contributed by atoms with Crippen molar-refractivity contribution in [1.82, 2.24) is 9.78 Å². The number of nitrogens with zero attached hydrogens (tertiary/aromatic N) is 2. The van der Waals surface area contributed by atoms with Gasteiger partial charge in [-0.1, -0.05) is 41.4 Å². The minimum atomic E-state index is -0.502. The third kappa shape index (κ3) is 4.96. The topological polar surface area (TPSA) is 90.0 Å². The molecular formula is C23H23ClN4O2. The van der Waals surface area contributed by atoms with Gasteiger partial charge in [0.15, 0.2) is 0 Å². The highest BCUT2D eigenvalue weighted by atomic mass is 35.5. The highest BCUT2D eigenvalue weighted by molar-refractivity contribution is 6.31. The Labute approximate surface area is 180 Å². The molecule has 2 aromatic carbocycles. The number of nitrogens with two attached hydrogens (primary N) is 1. The molecule has 6 nitrogen and oxygen atoms in total. The lowest BCUT2D eigenvalue weighted by atomic mass is 10.1. The van der Waals surface area contributed by atoms with Crippen LogP contribution in [0.5, 0.6) is 0 Å². The molecule has 3 rings (SSSR count). The molecule has 3 aromatic rings. The van der Waals surface area contributed by atoms with Crippen molar-refractivity contribution in [3.8, 4) is 0 Å². The molecule has 0 fully saturated rings. The van der Waals surface area contributed by atoms with Gasteiger partial charge in [0, 0.05) is 22.9 Å². The van der Waals surface area contributed by atoms with Crippen molar-refractivity contribution < 1.29 is 9.59 Å². The zero-order valence-corrected chi connectivity index (χ0v) is 17.8. The van der Waals surface area contributed by atoms with Gasteiger partial charge >= 0.3 is 0 Å². The summed E-state index contributed by atoms with van der Waals surface area (Å²) in [5.41, 5.74) is 10.7. The predicted octanol–water partition coefficient (Wildman–Crippen LogP) is 4.26. The number of primary amides is 1. The van der Waals surface area contributed by atoms with Crippen LogP contribution in [0.15, 0.2) is 48.5 Å². The second-order valence-corrected chi connectivity index (χ2v) is 7.51. The second-order valence-electron chi connectivity index (χ2n) is 7.15. The van der Waals surface area contributed by atoms with Crippen molar-refractivity contribution in [3.05, 3.63) is 87.2 Å². The van der Waals surface area contributed by atoms with E-state index in [4.69, 9.17) is 17.3 Å². The summed E-state index contributed by atoms with van der Waals surface area (Å²) >= 11 is 6.50. The maximum Gasteiger partial charge on any atom is 0.248 e. The van der Waals surface area contributed by atoms with Crippen LogP contribution in [-0.4, -0.2) is 21.6 Å². The van der Waals surface area contributed by atoms with Gasteiger partial charge in [0.25, 0.3) is 0 Å². The number of hydrogen-bond donors (Lipinski definition) is 2. The molecule has 0 atom stereocenters. The summed E-state index contributed by atoms with van der Waals surface area (Å²) in [6, 6.07) is 13.1. The van der Waals surface area contributed by atoms with Gasteiger partial charge < -0.3 is 11.1 Å². The van der Waals surface area contributed by atoms with Gasteiger partial charge in [-0.15, -0.1) is 0 Å². The van der Waals surface area contributed by atoms with Crippen LogP contribution in [0.3, 0.4) is 0 Å². The molecule has 3 N–H and O–H groups in total. The number of amides is 2. The van der Waals surface area contributed by atoms with E-state index < -0.39 is 5.91 Å². The summed E-state index contributed by atoms with van der Waals surface area (Å²) in [6.45, 7) is 6.19. The quantitative estimate of drug-likeness (QED) is 0.581. The minimum absolute atomic E-state index is 0.317. The lowest BCUT2D eigenvalue weighted by Crippen LogP contribution is -2.13. The molecule has 1 heterocycles. The Morgan fingerprint density at radius 2 is 1.83 bits per heavy atom. The number of carbonyl (C=O) groups excluding carboxylic acids is 2. The molecule has 0 bridgehead atoms. The van der Waals surface area contributed by atoms with Crippen LogP contribution in [-0.2, 0) is 11.3 Å². The number of rotatable bonds is 6. The summed E-state index contributed by atoms with van der Waals surface area (Å²) < 4.78 is 1.71. The number of benzene rings is 2. The third-order valence-electron chi connectivity index (χ3n) is 4.72.